The summed E-state index contributed by atoms with van der Waals surface area (Å²) in [6.07, 6.45) is -0.681. The first-order chi connectivity index (χ1) is 4.23. The molecule has 7 nitrogen and oxygen atoms in total. The second-order valence-corrected chi connectivity index (χ2v) is 0.780. The molecule has 0 atom stereocenters. The van der Waals surface area contributed by atoms with Crippen molar-refractivity contribution in [3.63, 3.8) is 0 Å². The smallest absolute Gasteiger partial charge is 0.450 e. The van der Waals surface area contributed by atoms with Gasteiger partial charge in [0.1, 0.15) is 0 Å². The number of aromatic nitrogens is 3. The molecule has 0 aliphatic rings. The van der Waals surface area contributed by atoms with Crippen molar-refractivity contribution in [2.24, 2.45) is 0 Å². The van der Waals surface area contributed by atoms with E-state index in [-0.39, 0.29) is 0 Å². The number of carbonyl (C=O) groups is 1. The Kier molecular flexibility index (Phi) is 3.67. The maximum atomic E-state index is 8.56. The molecule has 0 aromatic carbocycles. The quantitative estimate of drug-likeness (QED) is 0.499. The van der Waals surface area contributed by atoms with Crippen LogP contribution in [0.3, 0.4) is 0 Å². The third-order valence-corrected chi connectivity index (χ3v) is 0.230. The van der Waals surface area contributed by atoms with E-state index >= 15 is 0 Å². The van der Waals surface area contributed by atoms with Crippen LogP contribution in [0.15, 0.2) is 10.9 Å². The minimum absolute atomic E-state index is 1.15. The van der Waals surface area contributed by atoms with Crippen molar-refractivity contribution in [2.75, 3.05) is 0 Å². The van der Waals surface area contributed by atoms with Crippen molar-refractivity contribution in [1.82, 2.24) is 15.6 Å². The summed E-state index contributed by atoms with van der Waals surface area (Å²) in [5.74, 6) is 0. The van der Waals surface area contributed by atoms with Crippen molar-refractivity contribution in [3.8, 4) is 0 Å². The molecule has 2 N–H and O–H groups in total. The van der Waals surface area contributed by atoms with Crippen LogP contribution in [0.1, 0.15) is 0 Å². The van der Waals surface area contributed by atoms with E-state index in [9.17, 15) is 0 Å². The normalized spacial score (nSPS) is 7.11. The summed E-state index contributed by atoms with van der Waals surface area (Å²) in [5.41, 5.74) is 0. The molecule has 1 rings (SSSR count). The van der Waals surface area contributed by atoms with Gasteiger partial charge in [-0.2, -0.15) is 0 Å². The number of hydrogen-bond donors (Lipinski definition) is 2. The molecule has 50 valence electrons. The summed E-state index contributed by atoms with van der Waals surface area (Å²) < 4.78 is 4.11. The van der Waals surface area contributed by atoms with E-state index in [2.05, 4.69) is 20.1 Å². The highest BCUT2D eigenvalue weighted by Gasteiger charge is 1.70. The Morgan fingerprint density at radius 1 is 1.56 bits per heavy atom. The summed E-state index contributed by atoms with van der Waals surface area (Å²) in [6.45, 7) is 0. The molecule has 0 spiro atoms. The fraction of sp³-hybridized carbons (Fsp3) is 0. The van der Waals surface area contributed by atoms with Crippen LogP contribution in [0.25, 0.3) is 0 Å². The van der Waals surface area contributed by atoms with Gasteiger partial charge in [-0.25, -0.2) is 4.79 Å². The molecule has 0 radical (unpaired) electrons. The van der Waals surface area contributed by atoms with Crippen LogP contribution < -0.4 is 0 Å². The molecule has 1 aromatic heterocycles. The lowest BCUT2D eigenvalue weighted by atomic mass is 11.5. The fourth-order valence-corrected chi connectivity index (χ4v) is 0.105. The molecule has 0 saturated heterocycles. The predicted molar refractivity (Wildman–Crippen MR) is 22.7 cm³/mol. The second kappa shape index (κ2) is 4.50. The highest BCUT2D eigenvalue weighted by atomic mass is 16.6. The van der Waals surface area contributed by atoms with E-state index in [4.69, 9.17) is 15.0 Å². The number of rotatable bonds is 0. The summed E-state index contributed by atoms with van der Waals surface area (Å²) in [7, 11) is 0. The van der Waals surface area contributed by atoms with Gasteiger partial charge in [0.2, 0.25) is 6.39 Å². The minimum atomic E-state index is -1.83. The zero-order valence-corrected chi connectivity index (χ0v) is 4.13. The lowest BCUT2D eigenvalue weighted by Crippen LogP contribution is -1.81. The Balaban J connectivity index is 0.000000148. The van der Waals surface area contributed by atoms with Crippen LogP contribution in [0.5, 0.6) is 0 Å². The molecule has 1 aromatic rings. The third kappa shape index (κ3) is 10.7. The molecule has 0 saturated carbocycles. The van der Waals surface area contributed by atoms with E-state index in [1.165, 1.54) is 0 Å². The van der Waals surface area contributed by atoms with Crippen molar-refractivity contribution in [1.29, 1.82) is 0 Å². The van der Waals surface area contributed by atoms with Crippen molar-refractivity contribution >= 4 is 6.16 Å². The van der Waals surface area contributed by atoms with E-state index in [0.717, 1.165) is 6.39 Å². The summed E-state index contributed by atoms with van der Waals surface area (Å²) in [6, 6.07) is 0. The van der Waals surface area contributed by atoms with E-state index in [1.807, 2.05) is 0 Å². The van der Waals surface area contributed by atoms with Crippen LogP contribution in [-0.2, 0) is 0 Å². The van der Waals surface area contributed by atoms with Crippen molar-refractivity contribution in [2.45, 2.75) is 0 Å². The topological polar surface area (TPSA) is 109 Å². The molecule has 7 heteroatoms. The Bertz CT molecular complexity index is 128. The largest absolute Gasteiger partial charge is 0.503 e. The first-order valence-electron chi connectivity index (χ1n) is 1.73. The Morgan fingerprint density at radius 3 is 2.22 bits per heavy atom. The maximum Gasteiger partial charge on any atom is 0.503 e. The van der Waals surface area contributed by atoms with E-state index < -0.39 is 6.16 Å². The average molecular weight is 133 g/mol. The number of nitrogens with zero attached hydrogens (tertiary/aromatic N) is 3. The van der Waals surface area contributed by atoms with Crippen molar-refractivity contribution < 1.29 is 19.5 Å². The SMILES string of the molecule is O=C(O)O.c1nnno1. The van der Waals surface area contributed by atoms with Gasteiger partial charge in [0.25, 0.3) is 0 Å². The van der Waals surface area contributed by atoms with Gasteiger partial charge in [0, 0.05) is 0 Å². The number of hydrogen-bond acceptors (Lipinski definition) is 5. The van der Waals surface area contributed by atoms with Crippen LogP contribution in [-0.4, -0.2) is 32.0 Å². The lowest BCUT2D eigenvalue weighted by molar-refractivity contribution is 0.137. The van der Waals surface area contributed by atoms with Gasteiger partial charge in [-0.15, -0.1) is 0 Å². The van der Waals surface area contributed by atoms with E-state index in [1.54, 1.807) is 0 Å². The summed E-state index contributed by atoms with van der Waals surface area (Å²) >= 11 is 0. The first-order valence-corrected chi connectivity index (χ1v) is 1.73. The lowest BCUT2D eigenvalue weighted by Gasteiger charge is -1.60. The molecule has 0 bridgehead atoms. The highest BCUT2D eigenvalue weighted by Crippen LogP contribution is 1.55. The van der Waals surface area contributed by atoms with Crippen LogP contribution in [0.2, 0.25) is 0 Å². The molecule has 0 amide bonds. The van der Waals surface area contributed by atoms with Gasteiger partial charge in [-0.3, -0.25) is 0 Å². The van der Waals surface area contributed by atoms with Crippen LogP contribution in [0.4, 0.5) is 4.79 Å². The van der Waals surface area contributed by atoms with Crippen molar-refractivity contribution in [3.05, 3.63) is 6.39 Å². The minimum Gasteiger partial charge on any atom is -0.450 e. The maximum absolute atomic E-state index is 8.56. The van der Waals surface area contributed by atoms with Gasteiger partial charge in [-0.1, -0.05) is 5.10 Å². The van der Waals surface area contributed by atoms with Gasteiger partial charge >= 0.3 is 6.16 Å². The molecule has 1 heterocycles. The molecule has 0 fully saturated rings. The molecular formula is C2H3N3O4. The second-order valence-electron chi connectivity index (χ2n) is 0.780. The van der Waals surface area contributed by atoms with Gasteiger partial charge in [0.15, 0.2) is 0 Å². The Morgan fingerprint density at radius 2 is 2.11 bits per heavy atom. The molecule has 9 heavy (non-hydrogen) atoms. The third-order valence-electron chi connectivity index (χ3n) is 0.230. The molecule has 0 aliphatic carbocycles. The monoisotopic (exact) mass is 133 g/mol. The highest BCUT2D eigenvalue weighted by molar-refractivity contribution is 5.53. The average Bonchev–Trinajstić information content (AvgIpc) is 2.11. The summed E-state index contributed by atoms with van der Waals surface area (Å²) in [4.78, 5) is 8.56. The van der Waals surface area contributed by atoms with E-state index in [0.29, 0.717) is 0 Å². The number of carboxylic acid groups (broad SMARTS) is 2. The van der Waals surface area contributed by atoms with Gasteiger partial charge < -0.3 is 14.7 Å². The Hall–Kier alpha value is -1.66. The van der Waals surface area contributed by atoms with Crippen LogP contribution in [0, 0.1) is 0 Å². The zero-order chi connectivity index (χ0) is 7.11. The predicted octanol–water partition coefficient (Wildman–Crippen LogP) is -0.313. The fourth-order valence-electron chi connectivity index (χ4n) is 0.105. The van der Waals surface area contributed by atoms with Crippen LogP contribution >= 0.6 is 0 Å². The Labute approximate surface area is 48.9 Å². The molecule has 0 unspecified atom stereocenters. The molecular weight excluding hydrogens is 130 g/mol. The van der Waals surface area contributed by atoms with Gasteiger partial charge in [0.05, 0.1) is 5.27 Å². The summed E-state index contributed by atoms with van der Waals surface area (Å²) in [5, 5.41) is 23.2. The first kappa shape index (κ1) is 7.34. The standard InChI is InChI=1S/CHN3O.CH2O3/c1-2-3-4-5-1;2-1(3)4/h1H;(H2,2,3,4). The zero-order valence-electron chi connectivity index (χ0n) is 4.13. The van der Waals surface area contributed by atoms with Gasteiger partial charge in [-0.05, 0) is 5.21 Å². The molecule has 0 aliphatic heterocycles.